The lowest BCUT2D eigenvalue weighted by molar-refractivity contribution is -0.115. The van der Waals surface area contributed by atoms with E-state index in [-0.39, 0.29) is 33.8 Å². The van der Waals surface area contributed by atoms with Crippen LogP contribution in [0.2, 0.25) is 0 Å². The van der Waals surface area contributed by atoms with Crippen LogP contribution in [-0.4, -0.2) is 78.5 Å². The number of rotatable bonds is 23. The van der Waals surface area contributed by atoms with Crippen LogP contribution >= 0.6 is 0 Å². The molecule has 2 unspecified atom stereocenters. The van der Waals surface area contributed by atoms with Crippen molar-refractivity contribution in [1.82, 2.24) is 8.97 Å². The van der Waals surface area contributed by atoms with Crippen LogP contribution in [0.5, 0.6) is 23.0 Å². The Hall–Kier alpha value is -12.1. The maximum atomic E-state index is 14.3. The lowest BCUT2D eigenvalue weighted by Gasteiger charge is -2.28. The van der Waals surface area contributed by atoms with Crippen molar-refractivity contribution >= 4 is 131 Å². The zero-order valence-corrected chi connectivity index (χ0v) is 54.3. The van der Waals surface area contributed by atoms with Crippen LogP contribution in [0.3, 0.4) is 0 Å². The number of carbonyl (C=O) groups excluding carboxylic acids is 3. The SMILES string of the molecule is COc1ccc(N(C)C(=O)c2cc3ccccc3c(N=Nc3ccc(N(c4ccc(N=Nc5c(OC)c([N+](C)(C=O)c6ccc(CO)cc6)cc6ccccc56)cc4)c4ccc(N=Nc5c(OC)c([N+](C)(C=O)c6ccc(CO)cc6)cc6ccccc56)cc4)cc3)c2OC)cc1. The fourth-order valence-electron chi connectivity index (χ4n) is 11.9. The fraction of sp³-hybridized carbons (Fsp3) is 0.115. The van der Waals surface area contributed by atoms with E-state index in [2.05, 4.69) is 4.90 Å². The topological polar surface area (TPSA) is 209 Å². The minimum Gasteiger partial charge on any atom is -0.497 e. The van der Waals surface area contributed by atoms with Gasteiger partial charge in [0.1, 0.15) is 34.2 Å². The van der Waals surface area contributed by atoms with E-state index in [1.54, 1.807) is 89.8 Å². The minimum atomic E-state index is -0.304. The summed E-state index contributed by atoms with van der Waals surface area (Å²) in [6.45, 7) is -0.273. The number of ether oxygens (including phenoxy) is 4. The highest BCUT2D eigenvalue weighted by atomic mass is 16.5. The van der Waals surface area contributed by atoms with Crippen molar-refractivity contribution in [2.75, 3.05) is 59.4 Å². The van der Waals surface area contributed by atoms with Gasteiger partial charge in [-0.2, -0.15) is 24.3 Å². The first kappa shape index (κ1) is 65.0. The van der Waals surface area contributed by atoms with Crippen molar-refractivity contribution in [3.8, 4) is 23.0 Å². The van der Waals surface area contributed by atoms with Gasteiger partial charge < -0.3 is 39.0 Å². The van der Waals surface area contributed by atoms with Crippen LogP contribution in [0.1, 0.15) is 21.5 Å². The molecule has 19 nitrogen and oxygen atoms in total. The van der Waals surface area contributed by atoms with Crippen molar-refractivity contribution in [3.05, 3.63) is 253 Å². The first-order valence-corrected chi connectivity index (χ1v) is 30.9. The number of nitrogens with zero attached hydrogens (tertiary/aromatic N) is 10. The van der Waals surface area contributed by atoms with Crippen LogP contribution in [0, 0.1) is 0 Å². The normalized spacial score (nSPS) is 12.8. The van der Waals surface area contributed by atoms with Crippen LogP contribution < -0.4 is 37.7 Å². The number of quaternary nitrogens is 2. The van der Waals surface area contributed by atoms with E-state index in [4.69, 9.17) is 49.6 Å². The number of hydrogen-bond donors (Lipinski definition) is 2. The molecular formula is C78H68N10O9+2. The molecule has 12 aromatic rings. The highest BCUT2D eigenvalue weighted by Gasteiger charge is 2.36. The molecule has 0 heterocycles. The maximum Gasteiger partial charge on any atom is 0.311 e. The van der Waals surface area contributed by atoms with Gasteiger partial charge >= 0.3 is 12.8 Å². The van der Waals surface area contributed by atoms with Crippen molar-refractivity contribution in [3.63, 3.8) is 0 Å². The van der Waals surface area contributed by atoms with Gasteiger partial charge in [0, 0.05) is 82.4 Å². The van der Waals surface area contributed by atoms with Crippen LogP contribution in [0.25, 0.3) is 32.3 Å². The standard InChI is InChI=1S/C78H68N10O9/c1-85(59-36-42-65(94-4)43-37-59)78(93)69-44-53-14-8-11-17-66(53)72(75(69)95-5)82-79-56-24-30-60(31-25-56)86(61-32-26-57(27-33-61)80-83-73-67-18-12-9-15-54(67)45-70(76(73)96-6)87(2,49-91)63-38-20-51(47-89)21-39-63)62-34-28-58(29-35-62)81-84-74-68-19-13-10-16-55(68)46-71(77(74)97-7)88(3,50-92)64-40-22-52(48-90)23-41-64/h8-46,49-50,89-90H,47-48H2,1-7H3/q+2. The van der Waals surface area contributed by atoms with Gasteiger partial charge in [-0.1, -0.05) is 97.1 Å². The maximum absolute atomic E-state index is 14.3. The van der Waals surface area contributed by atoms with E-state index in [0.717, 1.165) is 62.2 Å². The number of aliphatic hydroxyl groups excluding tert-OH is 2. The Morgan fingerprint density at radius 3 is 1.09 bits per heavy atom. The van der Waals surface area contributed by atoms with E-state index in [1.807, 2.05) is 194 Å². The molecule has 12 rings (SSSR count). The Morgan fingerprint density at radius 2 is 0.753 bits per heavy atom. The summed E-state index contributed by atoms with van der Waals surface area (Å²) < 4.78 is 23.0. The zero-order valence-electron chi connectivity index (χ0n) is 54.3. The predicted octanol–water partition coefficient (Wildman–Crippen LogP) is 19.0. The number of hydrogen-bond acceptors (Lipinski definition) is 16. The largest absolute Gasteiger partial charge is 0.497 e. The molecule has 0 saturated carbocycles. The summed E-state index contributed by atoms with van der Waals surface area (Å²) in [6.07, 6.45) is 1.67. The Kier molecular flexibility index (Phi) is 18.9. The van der Waals surface area contributed by atoms with Gasteiger partial charge in [-0.25, -0.2) is 9.59 Å². The fourth-order valence-corrected chi connectivity index (χ4v) is 11.9. The quantitative estimate of drug-likeness (QED) is 0.0352. The molecule has 12 aromatic carbocycles. The Labute approximate surface area is 560 Å². The van der Waals surface area contributed by atoms with E-state index in [1.165, 1.54) is 7.11 Å². The Bertz CT molecular complexity index is 4780. The lowest BCUT2D eigenvalue weighted by Crippen LogP contribution is -2.38. The summed E-state index contributed by atoms with van der Waals surface area (Å²) >= 11 is 0. The highest BCUT2D eigenvalue weighted by Crippen LogP contribution is 2.51. The number of azo groups is 3. The first-order valence-electron chi connectivity index (χ1n) is 30.9. The summed E-state index contributed by atoms with van der Waals surface area (Å²) in [7, 11) is 11.4. The van der Waals surface area contributed by atoms with Crippen molar-refractivity contribution in [2.24, 2.45) is 30.7 Å². The van der Waals surface area contributed by atoms with E-state index in [9.17, 15) is 24.6 Å². The van der Waals surface area contributed by atoms with Gasteiger partial charge in [0.2, 0.25) is 11.5 Å². The Morgan fingerprint density at radius 1 is 0.412 bits per heavy atom. The highest BCUT2D eigenvalue weighted by molar-refractivity contribution is 6.13. The van der Waals surface area contributed by atoms with Crippen LogP contribution in [0.15, 0.2) is 267 Å². The van der Waals surface area contributed by atoms with Gasteiger partial charge in [0.05, 0.1) is 78.4 Å². The molecule has 2 atom stereocenters. The number of benzene rings is 12. The average molecular weight is 1290 g/mol. The monoisotopic (exact) mass is 1290 g/mol. The molecule has 0 aromatic heterocycles. The van der Waals surface area contributed by atoms with E-state index < -0.39 is 0 Å². The molecule has 0 saturated heterocycles. The summed E-state index contributed by atoms with van der Waals surface area (Å²) in [5.41, 5.74) is 9.87. The van der Waals surface area contributed by atoms with Gasteiger partial charge in [-0.3, -0.25) is 4.79 Å². The Balaban J connectivity index is 0.910. The first-order chi connectivity index (χ1) is 47.3. The molecule has 482 valence electrons. The molecule has 19 heteroatoms. The summed E-state index contributed by atoms with van der Waals surface area (Å²) in [6, 6.07) is 73.1. The number of fused-ring (bicyclic) bond motifs is 3. The lowest BCUT2D eigenvalue weighted by atomic mass is 10.0. The third kappa shape index (κ3) is 12.8. The second-order valence-electron chi connectivity index (χ2n) is 23.1. The smallest absolute Gasteiger partial charge is 0.311 e. The molecule has 0 aliphatic carbocycles. The predicted molar refractivity (Wildman–Crippen MR) is 382 cm³/mol. The zero-order chi connectivity index (χ0) is 67.8. The number of methoxy groups -OCH3 is 4. The second kappa shape index (κ2) is 28.2. The van der Waals surface area contributed by atoms with Gasteiger partial charge in [0.15, 0.2) is 17.1 Å². The molecule has 2 N–H and O–H groups in total. The molecule has 0 bridgehead atoms. The van der Waals surface area contributed by atoms with Crippen LogP contribution in [-0.2, 0) is 22.8 Å². The van der Waals surface area contributed by atoms with E-state index >= 15 is 0 Å². The van der Waals surface area contributed by atoms with E-state index in [0.29, 0.717) is 96.5 Å². The van der Waals surface area contributed by atoms with Gasteiger partial charge in [-0.15, -0.1) is 15.3 Å². The number of anilines is 4. The van der Waals surface area contributed by atoms with Gasteiger partial charge in [-0.05, 0) is 130 Å². The number of amides is 3. The minimum absolute atomic E-state index is 0.136. The molecule has 0 spiro atoms. The summed E-state index contributed by atoms with van der Waals surface area (Å²) in [5.74, 6) is 1.36. The van der Waals surface area contributed by atoms with Crippen molar-refractivity contribution in [2.45, 2.75) is 13.2 Å². The molecule has 0 fully saturated rings. The third-order valence-corrected chi connectivity index (χ3v) is 17.3. The molecular weight excluding hydrogens is 1220 g/mol. The van der Waals surface area contributed by atoms with Crippen LogP contribution in [0.4, 0.5) is 79.6 Å². The van der Waals surface area contributed by atoms with Crippen molar-refractivity contribution < 1.29 is 43.5 Å². The van der Waals surface area contributed by atoms with Crippen molar-refractivity contribution in [1.29, 1.82) is 0 Å². The molecule has 3 amide bonds. The third-order valence-electron chi connectivity index (χ3n) is 17.3. The summed E-state index contributed by atoms with van der Waals surface area (Å²) in [5, 5.41) is 53.1. The summed E-state index contributed by atoms with van der Waals surface area (Å²) in [4.78, 5) is 44.4. The second-order valence-corrected chi connectivity index (χ2v) is 23.1. The number of carbonyl (C=O) groups is 3. The number of aliphatic hydroxyl groups is 2. The molecule has 0 radical (unpaired) electrons. The average Bonchev–Trinajstić information content (AvgIpc) is 0.811. The molecule has 0 aliphatic rings. The molecule has 97 heavy (non-hydrogen) atoms. The molecule has 0 aliphatic heterocycles. The van der Waals surface area contributed by atoms with Gasteiger partial charge in [0.25, 0.3) is 5.91 Å².